The van der Waals surface area contributed by atoms with Crippen LogP contribution in [0, 0.1) is 17.2 Å². The maximum absolute atomic E-state index is 8.66. The van der Waals surface area contributed by atoms with E-state index in [1.807, 2.05) is 12.1 Å². The van der Waals surface area contributed by atoms with Crippen molar-refractivity contribution in [2.45, 2.75) is 44.7 Å². The highest BCUT2D eigenvalue weighted by molar-refractivity contribution is 5.43. The van der Waals surface area contributed by atoms with E-state index in [1.165, 1.54) is 30.4 Å². The number of methoxy groups -OCH3 is 1. The molecule has 1 saturated carbocycles. The highest BCUT2D eigenvalue weighted by Crippen LogP contribution is 2.38. The molecule has 27 heavy (non-hydrogen) atoms. The number of nitriles is 1. The van der Waals surface area contributed by atoms with Gasteiger partial charge in [-0.15, -0.1) is 0 Å². The van der Waals surface area contributed by atoms with E-state index in [1.54, 1.807) is 7.11 Å². The first kappa shape index (κ1) is 19.3. The lowest BCUT2D eigenvalue weighted by Crippen LogP contribution is -2.31. The standard InChI is InChI=1S/C23H28N2O2/c1-26-21-13-12-18(16-22(21)27-15-6-5-14-24)17-25-23(20-10-7-11-20)19-8-3-2-4-9-19/h2-4,8-9,12-13,16,20,23,25H,5-7,10-11,15,17H2,1H3. The van der Waals surface area contributed by atoms with Gasteiger partial charge in [-0.3, -0.25) is 0 Å². The van der Waals surface area contributed by atoms with E-state index in [2.05, 4.69) is 47.8 Å². The van der Waals surface area contributed by atoms with Gasteiger partial charge in [0.25, 0.3) is 0 Å². The van der Waals surface area contributed by atoms with Crippen molar-refractivity contribution in [3.63, 3.8) is 0 Å². The molecule has 4 heteroatoms. The van der Waals surface area contributed by atoms with Crippen LogP contribution in [0.5, 0.6) is 11.5 Å². The summed E-state index contributed by atoms with van der Waals surface area (Å²) >= 11 is 0. The summed E-state index contributed by atoms with van der Waals surface area (Å²) in [7, 11) is 1.65. The molecule has 1 aliphatic carbocycles. The lowest BCUT2D eigenvalue weighted by atomic mass is 9.77. The van der Waals surface area contributed by atoms with Crippen LogP contribution in [-0.2, 0) is 6.54 Å². The minimum Gasteiger partial charge on any atom is -0.493 e. The molecule has 1 atom stereocenters. The van der Waals surface area contributed by atoms with E-state index in [4.69, 9.17) is 14.7 Å². The predicted molar refractivity (Wildman–Crippen MR) is 107 cm³/mol. The molecule has 1 unspecified atom stereocenters. The van der Waals surface area contributed by atoms with Crippen molar-refractivity contribution < 1.29 is 9.47 Å². The highest BCUT2D eigenvalue weighted by atomic mass is 16.5. The smallest absolute Gasteiger partial charge is 0.161 e. The SMILES string of the molecule is COc1ccc(CNC(c2ccccc2)C2CCC2)cc1OCCCC#N. The molecule has 0 heterocycles. The summed E-state index contributed by atoms with van der Waals surface area (Å²) in [6.45, 7) is 1.31. The van der Waals surface area contributed by atoms with E-state index in [0.717, 1.165) is 24.5 Å². The first-order valence-electron chi connectivity index (χ1n) is 9.77. The zero-order valence-electron chi connectivity index (χ0n) is 16.0. The number of unbranched alkanes of at least 4 members (excludes halogenated alkanes) is 1. The maximum Gasteiger partial charge on any atom is 0.161 e. The monoisotopic (exact) mass is 364 g/mol. The summed E-state index contributed by atoms with van der Waals surface area (Å²) in [6.07, 6.45) is 5.15. The Morgan fingerprint density at radius 3 is 2.63 bits per heavy atom. The number of hydrogen-bond acceptors (Lipinski definition) is 4. The van der Waals surface area contributed by atoms with Gasteiger partial charge < -0.3 is 14.8 Å². The lowest BCUT2D eigenvalue weighted by Gasteiger charge is -2.35. The first-order valence-corrected chi connectivity index (χ1v) is 9.77. The summed E-state index contributed by atoms with van der Waals surface area (Å²) in [4.78, 5) is 0. The van der Waals surface area contributed by atoms with E-state index >= 15 is 0 Å². The highest BCUT2D eigenvalue weighted by Gasteiger charge is 2.28. The Bertz CT molecular complexity index is 751. The number of nitrogens with zero attached hydrogens (tertiary/aromatic N) is 1. The Morgan fingerprint density at radius 1 is 1.15 bits per heavy atom. The van der Waals surface area contributed by atoms with Crippen LogP contribution in [0.3, 0.4) is 0 Å². The summed E-state index contributed by atoms with van der Waals surface area (Å²) in [5, 5.41) is 12.4. The molecular weight excluding hydrogens is 336 g/mol. The van der Waals surface area contributed by atoms with Crippen molar-refractivity contribution in [1.82, 2.24) is 5.32 Å². The predicted octanol–water partition coefficient (Wildman–Crippen LogP) is 5.01. The number of rotatable bonds is 10. The van der Waals surface area contributed by atoms with Crippen LogP contribution >= 0.6 is 0 Å². The molecule has 0 amide bonds. The van der Waals surface area contributed by atoms with Crippen molar-refractivity contribution in [3.05, 3.63) is 59.7 Å². The molecule has 0 spiro atoms. The molecule has 1 N–H and O–H groups in total. The van der Waals surface area contributed by atoms with Crippen LogP contribution < -0.4 is 14.8 Å². The molecule has 3 rings (SSSR count). The Hall–Kier alpha value is -2.51. The van der Waals surface area contributed by atoms with E-state index in [9.17, 15) is 0 Å². The molecule has 0 bridgehead atoms. The average Bonchev–Trinajstić information content (AvgIpc) is 2.67. The molecule has 1 fully saturated rings. The third-order valence-corrected chi connectivity index (χ3v) is 5.22. The van der Waals surface area contributed by atoms with Crippen LogP contribution in [0.2, 0.25) is 0 Å². The van der Waals surface area contributed by atoms with Crippen molar-refractivity contribution >= 4 is 0 Å². The Labute approximate surface area is 162 Å². The van der Waals surface area contributed by atoms with Gasteiger partial charge in [-0.25, -0.2) is 0 Å². The van der Waals surface area contributed by atoms with Gasteiger partial charge in [-0.1, -0.05) is 42.8 Å². The molecule has 0 aliphatic heterocycles. The molecule has 1 aliphatic rings. The second kappa shape index (κ2) is 9.99. The maximum atomic E-state index is 8.66. The normalized spacial score (nSPS) is 14.8. The van der Waals surface area contributed by atoms with Crippen molar-refractivity contribution in [1.29, 1.82) is 5.26 Å². The minimum atomic E-state index is 0.391. The Kier molecular flexibility index (Phi) is 7.12. The molecule has 0 saturated heterocycles. The fraction of sp³-hybridized carbons (Fsp3) is 0.435. The van der Waals surface area contributed by atoms with Crippen molar-refractivity contribution in [2.75, 3.05) is 13.7 Å². The average molecular weight is 364 g/mol. The fourth-order valence-corrected chi connectivity index (χ4v) is 3.50. The lowest BCUT2D eigenvalue weighted by molar-refractivity contribution is 0.229. The van der Waals surface area contributed by atoms with E-state index in [-0.39, 0.29) is 0 Å². The number of nitrogens with one attached hydrogen (secondary N) is 1. The quantitative estimate of drug-likeness (QED) is 0.602. The third kappa shape index (κ3) is 5.24. The van der Waals surface area contributed by atoms with Gasteiger partial charge in [-0.2, -0.15) is 5.26 Å². The fourth-order valence-electron chi connectivity index (χ4n) is 3.50. The first-order chi connectivity index (χ1) is 13.3. The van der Waals surface area contributed by atoms with Crippen molar-refractivity contribution in [2.24, 2.45) is 5.92 Å². The van der Waals surface area contributed by atoms with Gasteiger partial charge in [0.2, 0.25) is 0 Å². The summed E-state index contributed by atoms with van der Waals surface area (Å²) < 4.78 is 11.2. The van der Waals surface area contributed by atoms with Gasteiger partial charge in [0.05, 0.1) is 19.8 Å². The zero-order valence-corrected chi connectivity index (χ0v) is 16.0. The number of hydrogen-bond donors (Lipinski definition) is 1. The van der Waals surface area contributed by atoms with Gasteiger partial charge in [0.15, 0.2) is 11.5 Å². The van der Waals surface area contributed by atoms with Gasteiger partial charge >= 0.3 is 0 Å². The summed E-state index contributed by atoms with van der Waals surface area (Å²) in [6, 6.07) is 19.3. The molecule has 142 valence electrons. The Morgan fingerprint density at radius 2 is 1.96 bits per heavy atom. The second-order valence-corrected chi connectivity index (χ2v) is 7.06. The van der Waals surface area contributed by atoms with Crippen LogP contribution in [0.1, 0.15) is 49.3 Å². The van der Waals surface area contributed by atoms with Crippen molar-refractivity contribution in [3.8, 4) is 17.6 Å². The Balaban J connectivity index is 1.65. The van der Waals surface area contributed by atoms with Crippen LogP contribution in [0.25, 0.3) is 0 Å². The zero-order chi connectivity index (χ0) is 18.9. The number of ether oxygens (including phenoxy) is 2. The minimum absolute atomic E-state index is 0.391. The molecule has 2 aromatic rings. The molecule has 2 aromatic carbocycles. The molecular formula is C23H28N2O2. The number of benzene rings is 2. The van der Waals surface area contributed by atoms with E-state index in [0.29, 0.717) is 25.0 Å². The van der Waals surface area contributed by atoms with Crippen LogP contribution in [0.15, 0.2) is 48.5 Å². The largest absolute Gasteiger partial charge is 0.493 e. The van der Waals surface area contributed by atoms with Crippen LogP contribution in [-0.4, -0.2) is 13.7 Å². The topological polar surface area (TPSA) is 54.3 Å². The summed E-state index contributed by atoms with van der Waals surface area (Å²) in [5.74, 6) is 2.19. The van der Waals surface area contributed by atoms with Gasteiger partial charge in [-0.05, 0) is 48.4 Å². The molecule has 0 aromatic heterocycles. The molecule has 4 nitrogen and oxygen atoms in total. The molecule has 0 radical (unpaired) electrons. The van der Waals surface area contributed by atoms with Gasteiger partial charge in [0.1, 0.15) is 0 Å². The van der Waals surface area contributed by atoms with E-state index < -0.39 is 0 Å². The van der Waals surface area contributed by atoms with Gasteiger partial charge in [0, 0.05) is 19.0 Å². The second-order valence-electron chi connectivity index (χ2n) is 7.06. The van der Waals surface area contributed by atoms with Crippen LogP contribution in [0.4, 0.5) is 0 Å². The summed E-state index contributed by atoms with van der Waals surface area (Å²) in [5.41, 5.74) is 2.54. The third-order valence-electron chi connectivity index (χ3n) is 5.22.